The van der Waals surface area contributed by atoms with Crippen LogP contribution >= 0.6 is 0 Å². The lowest BCUT2D eigenvalue weighted by Crippen LogP contribution is -2.28. The number of rotatable bonds is 5. The van der Waals surface area contributed by atoms with Crippen molar-refractivity contribution in [1.29, 1.82) is 0 Å². The summed E-state index contributed by atoms with van der Waals surface area (Å²) >= 11 is 0. The Labute approximate surface area is 204 Å². The lowest BCUT2D eigenvalue weighted by molar-refractivity contribution is -0.275. The highest BCUT2D eigenvalue weighted by molar-refractivity contribution is 7.89. The van der Waals surface area contributed by atoms with Gasteiger partial charge in [0.05, 0.1) is 17.4 Å². The van der Waals surface area contributed by atoms with Gasteiger partial charge < -0.3 is 18.6 Å². The summed E-state index contributed by atoms with van der Waals surface area (Å²) in [6.45, 7) is 0.102. The molecule has 5 rings (SSSR count). The molecule has 2 N–H and O–H groups in total. The Morgan fingerprint density at radius 2 is 1.72 bits per heavy atom. The average Bonchev–Trinajstić information content (AvgIpc) is 3.11. The van der Waals surface area contributed by atoms with Crippen molar-refractivity contribution in [3.8, 4) is 17.2 Å². The zero-order valence-corrected chi connectivity index (χ0v) is 19.4. The standard InChI is InChI=1S/C25H20F3NO6S/c26-25(27,28)35-19-8-4-2-6-17(19)24(23-13-15-5-1-3-7-18(15)33-23)21-11-12-32-22-14-16(36(29,30)31)9-10-20(22)34-21/h1-10,13-14,21,24H,11-12H2,(H2,29,30,31)/t21?,24-/m1/s1. The van der Waals surface area contributed by atoms with E-state index in [0.717, 1.165) is 5.39 Å². The monoisotopic (exact) mass is 519 g/mol. The van der Waals surface area contributed by atoms with Crippen LogP contribution in [0.2, 0.25) is 0 Å². The molecule has 1 unspecified atom stereocenters. The summed E-state index contributed by atoms with van der Waals surface area (Å²) in [5.41, 5.74) is 0.776. The van der Waals surface area contributed by atoms with Gasteiger partial charge >= 0.3 is 6.36 Å². The number of fused-ring (bicyclic) bond motifs is 2. The summed E-state index contributed by atoms with van der Waals surface area (Å²) in [6.07, 6.45) is -5.40. The molecule has 1 aliphatic heterocycles. The molecule has 188 valence electrons. The van der Waals surface area contributed by atoms with Crippen LogP contribution in [0.1, 0.15) is 23.7 Å². The fourth-order valence-corrected chi connectivity index (χ4v) is 4.79. The first-order chi connectivity index (χ1) is 17.1. The van der Waals surface area contributed by atoms with E-state index in [1.165, 1.54) is 36.4 Å². The van der Waals surface area contributed by atoms with Gasteiger partial charge in [0.2, 0.25) is 10.0 Å². The van der Waals surface area contributed by atoms with E-state index in [1.54, 1.807) is 24.3 Å². The van der Waals surface area contributed by atoms with Crippen molar-refractivity contribution in [3.05, 3.63) is 84.1 Å². The molecule has 0 aliphatic carbocycles. The van der Waals surface area contributed by atoms with E-state index in [4.69, 9.17) is 19.0 Å². The van der Waals surface area contributed by atoms with Gasteiger partial charge in [-0.2, -0.15) is 0 Å². The summed E-state index contributed by atoms with van der Waals surface area (Å²) in [5.74, 6) is -0.436. The molecule has 0 amide bonds. The number of nitrogens with two attached hydrogens (primary N) is 1. The number of hydrogen-bond acceptors (Lipinski definition) is 6. The van der Waals surface area contributed by atoms with Crippen LogP contribution in [0.4, 0.5) is 13.2 Å². The maximum atomic E-state index is 13.2. The molecular formula is C25H20F3NO6S. The van der Waals surface area contributed by atoms with E-state index < -0.39 is 28.4 Å². The molecular weight excluding hydrogens is 499 g/mol. The number of hydrogen-bond donors (Lipinski definition) is 1. The van der Waals surface area contributed by atoms with Gasteiger partial charge in [0, 0.05) is 23.4 Å². The topological polar surface area (TPSA) is 101 Å². The Hall–Kier alpha value is -3.70. The Bertz CT molecular complexity index is 1480. The van der Waals surface area contributed by atoms with E-state index in [1.807, 2.05) is 12.1 Å². The highest BCUT2D eigenvalue weighted by atomic mass is 32.2. The molecule has 0 saturated carbocycles. The van der Waals surface area contributed by atoms with E-state index in [9.17, 15) is 21.6 Å². The summed E-state index contributed by atoms with van der Waals surface area (Å²) in [6, 6.07) is 18.7. The molecule has 7 nitrogen and oxygen atoms in total. The molecule has 3 aromatic carbocycles. The number of primary sulfonamides is 1. The Balaban J connectivity index is 1.62. The van der Waals surface area contributed by atoms with Gasteiger partial charge in [-0.1, -0.05) is 36.4 Å². The quantitative estimate of drug-likeness (QED) is 0.382. The van der Waals surface area contributed by atoms with Gasteiger partial charge in [0.15, 0.2) is 11.5 Å². The van der Waals surface area contributed by atoms with Crippen molar-refractivity contribution >= 4 is 21.0 Å². The van der Waals surface area contributed by atoms with Crippen LogP contribution < -0.4 is 19.3 Å². The summed E-state index contributed by atoms with van der Waals surface area (Å²) < 4.78 is 85.6. The minimum Gasteiger partial charge on any atom is -0.490 e. The van der Waals surface area contributed by atoms with E-state index in [-0.39, 0.29) is 40.7 Å². The predicted octanol–water partition coefficient (Wildman–Crippen LogP) is 5.34. The number of para-hydroxylation sites is 2. The van der Waals surface area contributed by atoms with Crippen molar-refractivity contribution in [2.75, 3.05) is 6.61 Å². The van der Waals surface area contributed by atoms with Crippen LogP contribution in [0.25, 0.3) is 11.0 Å². The molecule has 0 fully saturated rings. The number of alkyl halides is 3. The molecule has 36 heavy (non-hydrogen) atoms. The Morgan fingerprint density at radius 3 is 2.47 bits per heavy atom. The summed E-state index contributed by atoms with van der Waals surface area (Å²) in [5, 5.41) is 5.99. The maximum absolute atomic E-state index is 13.2. The summed E-state index contributed by atoms with van der Waals surface area (Å²) in [4.78, 5) is -0.152. The van der Waals surface area contributed by atoms with Crippen molar-refractivity contribution in [2.45, 2.75) is 29.7 Å². The van der Waals surface area contributed by atoms with E-state index >= 15 is 0 Å². The van der Waals surface area contributed by atoms with Gasteiger partial charge in [-0.15, -0.1) is 13.2 Å². The third-order valence-electron chi connectivity index (χ3n) is 5.78. The zero-order valence-electron chi connectivity index (χ0n) is 18.6. The zero-order chi connectivity index (χ0) is 25.5. The fraction of sp³-hybridized carbons (Fsp3) is 0.200. The smallest absolute Gasteiger partial charge is 0.490 e. The molecule has 11 heteroatoms. The average molecular weight is 519 g/mol. The molecule has 0 saturated heterocycles. The molecule has 1 aliphatic rings. The number of ether oxygens (including phenoxy) is 3. The van der Waals surface area contributed by atoms with E-state index in [0.29, 0.717) is 11.3 Å². The Morgan fingerprint density at radius 1 is 0.972 bits per heavy atom. The molecule has 2 atom stereocenters. The van der Waals surface area contributed by atoms with Crippen LogP contribution in [0.15, 0.2) is 82.1 Å². The fourth-order valence-electron chi connectivity index (χ4n) is 4.26. The van der Waals surface area contributed by atoms with Crippen molar-refractivity contribution < 1.29 is 40.2 Å². The number of halogens is 3. The van der Waals surface area contributed by atoms with Gasteiger partial charge in [0.1, 0.15) is 23.2 Å². The minimum atomic E-state index is -4.90. The molecule has 4 aromatic rings. The lowest BCUT2D eigenvalue weighted by atomic mass is 9.88. The van der Waals surface area contributed by atoms with Crippen LogP contribution in [-0.4, -0.2) is 27.5 Å². The van der Waals surface area contributed by atoms with Crippen molar-refractivity contribution in [1.82, 2.24) is 0 Å². The summed E-state index contributed by atoms with van der Waals surface area (Å²) in [7, 11) is -3.98. The highest BCUT2D eigenvalue weighted by Crippen LogP contribution is 2.43. The minimum absolute atomic E-state index is 0.102. The molecule has 2 heterocycles. The first-order valence-corrected chi connectivity index (χ1v) is 12.4. The van der Waals surface area contributed by atoms with Crippen LogP contribution in [0.5, 0.6) is 17.2 Å². The van der Waals surface area contributed by atoms with E-state index in [2.05, 4.69) is 4.74 Å². The van der Waals surface area contributed by atoms with Crippen molar-refractivity contribution in [2.24, 2.45) is 5.14 Å². The second kappa shape index (κ2) is 9.07. The van der Waals surface area contributed by atoms with Crippen molar-refractivity contribution in [3.63, 3.8) is 0 Å². The van der Waals surface area contributed by atoms with Gasteiger partial charge in [-0.3, -0.25) is 0 Å². The normalized spacial score (nSPS) is 16.9. The first kappa shape index (κ1) is 24.0. The molecule has 1 aromatic heterocycles. The van der Waals surface area contributed by atoms with Gasteiger partial charge in [0.25, 0.3) is 0 Å². The highest BCUT2D eigenvalue weighted by Gasteiger charge is 2.38. The van der Waals surface area contributed by atoms with Gasteiger partial charge in [-0.25, -0.2) is 13.6 Å². The van der Waals surface area contributed by atoms with Crippen LogP contribution in [0, 0.1) is 0 Å². The molecule has 0 bridgehead atoms. The molecule has 0 radical (unpaired) electrons. The number of furan rings is 1. The third-order valence-corrected chi connectivity index (χ3v) is 6.70. The molecule has 0 spiro atoms. The maximum Gasteiger partial charge on any atom is 0.573 e. The third kappa shape index (κ3) is 4.98. The SMILES string of the molecule is NS(=O)(=O)c1ccc2c(c1)OCCC([C@H](c1cc3ccccc3o1)c1ccccc1OC(F)(F)F)O2. The second-order valence-corrected chi connectivity index (χ2v) is 9.76. The first-order valence-electron chi connectivity index (χ1n) is 10.9. The van der Waals surface area contributed by atoms with Crippen LogP contribution in [0.3, 0.4) is 0 Å². The number of sulfonamides is 1. The predicted molar refractivity (Wildman–Crippen MR) is 124 cm³/mol. The van der Waals surface area contributed by atoms with Gasteiger partial charge in [-0.05, 0) is 30.3 Å². The Kier molecular flexibility index (Phi) is 6.05. The van der Waals surface area contributed by atoms with Crippen LogP contribution in [-0.2, 0) is 10.0 Å². The lowest BCUT2D eigenvalue weighted by Gasteiger charge is -2.27. The second-order valence-electron chi connectivity index (χ2n) is 8.20. The number of benzene rings is 3. The largest absolute Gasteiger partial charge is 0.573 e.